The number of carbonyl (C=O) groups excluding carboxylic acids is 1. The second-order valence-electron chi connectivity index (χ2n) is 11.3. The third-order valence-electron chi connectivity index (χ3n) is 7.71. The molecule has 9 heteroatoms. The normalized spacial score (nSPS) is 26.4. The lowest BCUT2D eigenvalue weighted by Gasteiger charge is -2.38. The molecule has 2 unspecified atom stereocenters. The maximum Gasteiger partial charge on any atom is 0.410 e. The zero-order chi connectivity index (χ0) is 24.9. The lowest BCUT2D eigenvalue weighted by atomic mass is 9.82. The van der Waals surface area contributed by atoms with Crippen molar-refractivity contribution in [3.63, 3.8) is 0 Å². The van der Waals surface area contributed by atoms with Gasteiger partial charge in [-0.2, -0.15) is 5.10 Å². The van der Waals surface area contributed by atoms with Crippen molar-refractivity contribution in [1.29, 1.82) is 0 Å². The van der Waals surface area contributed by atoms with Crippen LogP contribution in [0.15, 0.2) is 12.1 Å². The summed E-state index contributed by atoms with van der Waals surface area (Å²) >= 11 is 0. The Bertz CT molecular complexity index is 1100. The Morgan fingerprint density at radius 1 is 1.06 bits per heavy atom. The number of nitrogens with zero attached hydrogens (tertiary/aromatic N) is 4. The van der Waals surface area contributed by atoms with Crippen LogP contribution in [0.4, 0.5) is 18.0 Å². The van der Waals surface area contributed by atoms with Gasteiger partial charge in [-0.1, -0.05) is 12.5 Å². The van der Waals surface area contributed by atoms with Gasteiger partial charge in [0, 0.05) is 37.5 Å². The van der Waals surface area contributed by atoms with Crippen LogP contribution in [0.1, 0.15) is 76.0 Å². The van der Waals surface area contributed by atoms with E-state index in [-0.39, 0.29) is 11.7 Å². The lowest BCUT2D eigenvalue weighted by molar-refractivity contribution is 0.00786. The molecule has 5 rings (SSSR count). The van der Waals surface area contributed by atoms with Gasteiger partial charge in [-0.15, -0.1) is 0 Å². The quantitative estimate of drug-likeness (QED) is 0.537. The maximum absolute atomic E-state index is 14.7. The first-order valence-electron chi connectivity index (χ1n) is 12.7. The van der Waals surface area contributed by atoms with Crippen molar-refractivity contribution in [3.05, 3.63) is 46.8 Å². The number of aromatic nitrogens is 3. The van der Waals surface area contributed by atoms with Gasteiger partial charge in [-0.05, 0) is 70.3 Å². The van der Waals surface area contributed by atoms with E-state index < -0.39 is 29.0 Å². The number of ether oxygens (including phenoxy) is 1. The number of likely N-dealkylation sites (tertiary alicyclic amines) is 1. The summed E-state index contributed by atoms with van der Waals surface area (Å²) in [5.41, 5.74) is -0.383. The standard InChI is InChI=1S/C26H33F3N4O2/c1-26(2,3)35-25(34)32-13-15-7-8-16(14-32)19(15)12-21-30-24-18(6-4-5-11-33(24)31-21)17-9-10-20(27)23(29)22(17)28/h9-10,15-16,18-19H,4-8,11-14H2,1-3H3/t15-,16+,18?,19?. The predicted octanol–water partition coefficient (Wildman–Crippen LogP) is 5.45. The van der Waals surface area contributed by atoms with Crippen LogP contribution in [0, 0.1) is 35.2 Å². The van der Waals surface area contributed by atoms with E-state index in [1.54, 1.807) is 0 Å². The maximum atomic E-state index is 14.7. The monoisotopic (exact) mass is 490 g/mol. The molecule has 4 atom stereocenters. The molecular weight excluding hydrogens is 457 g/mol. The van der Waals surface area contributed by atoms with Crippen LogP contribution in [-0.2, 0) is 17.7 Å². The second-order valence-corrected chi connectivity index (χ2v) is 11.3. The zero-order valence-electron chi connectivity index (χ0n) is 20.6. The van der Waals surface area contributed by atoms with E-state index in [0.717, 1.165) is 31.7 Å². The van der Waals surface area contributed by atoms with Gasteiger partial charge in [0.15, 0.2) is 23.3 Å². The Kier molecular flexibility index (Phi) is 6.30. The Labute approximate surface area is 203 Å². The molecule has 35 heavy (non-hydrogen) atoms. The third kappa shape index (κ3) is 4.78. The summed E-state index contributed by atoms with van der Waals surface area (Å²) in [6.07, 6.45) is 4.88. The number of carbonyl (C=O) groups is 1. The molecule has 3 heterocycles. The van der Waals surface area contributed by atoms with Gasteiger partial charge >= 0.3 is 6.09 Å². The minimum Gasteiger partial charge on any atom is -0.444 e. The van der Waals surface area contributed by atoms with E-state index in [1.165, 1.54) is 6.07 Å². The summed E-state index contributed by atoms with van der Waals surface area (Å²) in [5.74, 6) is -1.78. The van der Waals surface area contributed by atoms with E-state index in [9.17, 15) is 18.0 Å². The van der Waals surface area contributed by atoms with Gasteiger partial charge in [0.25, 0.3) is 0 Å². The highest BCUT2D eigenvalue weighted by molar-refractivity contribution is 5.68. The van der Waals surface area contributed by atoms with Crippen molar-refractivity contribution in [2.75, 3.05) is 13.1 Å². The number of rotatable bonds is 3. The van der Waals surface area contributed by atoms with Crippen molar-refractivity contribution in [3.8, 4) is 0 Å². The van der Waals surface area contributed by atoms with Gasteiger partial charge < -0.3 is 9.64 Å². The molecule has 3 aliphatic rings. The molecule has 6 nitrogen and oxygen atoms in total. The molecule has 190 valence electrons. The van der Waals surface area contributed by atoms with Crippen molar-refractivity contribution in [2.24, 2.45) is 17.8 Å². The van der Waals surface area contributed by atoms with Crippen molar-refractivity contribution in [2.45, 2.75) is 77.4 Å². The summed E-state index contributed by atoms with van der Waals surface area (Å²) in [4.78, 5) is 19.3. The smallest absolute Gasteiger partial charge is 0.410 e. The largest absolute Gasteiger partial charge is 0.444 e. The minimum atomic E-state index is -1.44. The molecule has 0 spiro atoms. The molecule has 1 aromatic carbocycles. The minimum absolute atomic E-state index is 0.136. The van der Waals surface area contributed by atoms with Crippen LogP contribution in [-0.4, -0.2) is 44.4 Å². The molecule has 2 bridgehead atoms. The van der Waals surface area contributed by atoms with E-state index in [1.807, 2.05) is 30.4 Å². The fourth-order valence-corrected chi connectivity index (χ4v) is 6.11. The average Bonchev–Trinajstić information content (AvgIpc) is 3.19. The van der Waals surface area contributed by atoms with Crippen LogP contribution in [0.25, 0.3) is 0 Å². The number of piperidine rings is 1. The summed E-state index contributed by atoms with van der Waals surface area (Å²) in [6, 6.07) is 2.31. The SMILES string of the molecule is CC(C)(C)OC(=O)N1C[C@H]2CC[C@@H](C1)C2Cc1nc2n(n1)CCCCC2c1ccc(F)c(F)c1F. The van der Waals surface area contributed by atoms with Gasteiger partial charge in [0.2, 0.25) is 0 Å². The van der Waals surface area contributed by atoms with Gasteiger partial charge in [0.1, 0.15) is 11.4 Å². The fourth-order valence-electron chi connectivity index (χ4n) is 6.11. The number of hydrogen-bond acceptors (Lipinski definition) is 4. The van der Waals surface area contributed by atoms with E-state index in [2.05, 4.69) is 0 Å². The number of fused-ring (bicyclic) bond motifs is 3. The molecule has 1 aliphatic carbocycles. The van der Waals surface area contributed by atoms with E-state index in [4.69, 9.17) is 14.8 Å². The van der Waals surface area contributed by atoms with Crippen LogP contribution in [0.2, 0.25) is 0 Å². The number of amides is 1. The molecular formula is C26H33F3N4O2. The van der Waals surface area contributed by atoms with E-state index >= 15 is 0 Å². The Balaban J connectivity index is 1.34. The van der Waals surface area contributed by atoms with Crippen LogP contribution < -0.4 is 0 Å². The van der Waals surface area contributed by atoms with Crippen LogP contribution in [0.5, 0.6) is 0 Å². The first-order valence-corrected chi connectivity index (χ1v) is 12.7. The third-order valence-corrected chi connectivity index (χ3v) is 7.71. The summed E-state index contributed by atoms with van der Waals surface area (Å²) in [6.45, 7) is 7.65. The van der Waals surface area contributed by atoms with Crippen LogP contribution in [0.3, 0.4) is 0 Å². The van der Waals surface area contributed by atoms with Crippen molar-refractivity contribution >= 4 is 6.09 Å². The molecule has 0 radical (unpaired) electrons. The summed E-state index contributed by atoms with van der Waals surface area (Å²) in [5, 5.41) is 4.76. The van der Waals surface area contributed by atoms with Crippen molar-refractivity contribution < 1.29 is 22.7 Å². The molecule has 2 aromatic rings. The molecule has 2 fully saturated rings. The topological polar surface area (TPSA) is 60.2 Å². The average molecular weight is 491 g/mol. The first-order chi connectivity index (χ1) is 16.6. The zero-order valence-corrected chi connectivity index (χ0v) is 20.6. The first kappa shape index (κ1) is 24.1. The fraction of sp³-hybridized carbons (Fsp3) is 0.654. The van der Waals surface area contributed by atoms with E-state index in [0.29, 0.717) is 61.9 Å². The second kappa shape index (κ2) is 9.13. The molecule has 1 saturated carbocycles. The molecule has 0 N–H and O–H groups in total. The summed E-state index contributed by atoms with van der Waals surface area (Å²) in [7, 11) is 0. The molecule has 1 amide bonds. The molecule has 1 saturated heterocycles. The number of hydrogen-bond donors (Lipinski definition) is 0. The lowest BCUT2D eigenvalue weighted by Crippen LogP contribution is -2.47. The number of aryl methyl sites for hydroxylation is 1. The Hall–Kier alpha value is -2.58. The highest BCUT2D eigenvalue weighted by atomic mass is 19.2. The van der Waals surface area contributed by atoms with Gasteiger partial charge in [-0.3, -0.25) is 0 Å². The summed E-state index contributed by atoms with van der Waals surface area (Å²) < 4.78 is 49.6. The Morgan fingerprint density at radius 3 is 2.46 bits per heavy atom. The molecule has 2 aliphatic heterocycles. The highest BCUT2D eigenvalue weighted by Crippen LogP contribution is 2.44. The Morgan fingerprint density at radius 2 is 1.77 bits per heavy atom. The number of benzene rings is 1. The van der Waals surface area contributed by atoms with Gasteiger partial charge in [-0.25, -0.2) is 27.6 Å². The van der Waals surface area contributed by atoms with Crippen molar-refractivity contribution in [1.82, 2.24) is 19.7 Å². The highest BCUT2D eigenvalue weighted by Gasteiger charge is 2.44. The van der Waals surface area contributed by atoms with Crippen LogP contribution >= 0.6 is 0 Å². The molecule has 1 aromatic heterocycles. The number of halogens is 3. The van der Waals surface area contributed by atoms with Gasteiger partial charge in [0.05, 0.1) is 0 Å². The predicted molar refractivity (Wildman–Crippen MR) is 123 cm³/mol.